The Bertz CT molecular complexity index is 1040. The third-order valence-corrected chi connectivity index (χ3v) is 6.89. The second kappa shape index (κ2) is 12.2. The number of amides is 2. The van der Waals surface area contributed by atoms with Gasteiger partial charge in [0.05, 0.1) is 6.04 Å². The predicted molar refractivity (Wildman–Crippen MR) is 131 cm³/mol. The summed E-state index contributed by atoms with van der Waals surface area (Å²) in [6.07, 6.45) is -1.37. The number of piperidine rings is 1. The molecule has 0 bridgehead atoms. The van der Waals surface area contributed by atoms with Gasteiger partial charge in [0.2, 0.25) is 5.84 Å². The van der Waals surface area contributed by atoms with Crippen molar-refractivity contribution >= 4 is 23.5 Å². The summed E-state index contributed by atoms with van der Waals surface area (Å²) >= 11 is 0. The van der Waals surface area contributed by atoms with Crippen molar-refractivity contribution in [2.45, 2.75) is 78.2 Å². The van der Waals surface area contributed by atoms with Gasteiger partial charge in [-0.05, 0) is 58.7 Å². The van der Waals surface area contributed by atoms with Crippen LogP contribution in [0.2, 0.25) is 0 Å². The molecule has 2 aliphatic rings. The van der Waals surface area contributed by atoms with E-state index in [0.717, 1.165) is 31.8 Å². The Balaban J connectivity index is 0.000000604. The van der Waals surface area contributed by atoms with Gasteiger partial charge in [-0.1, -0.05) is 31.6 Å². The minimum absolute atomic E-state index is 0.282. The molecule has 2 amide bonds. The number of carbonyl (C=O) groups excluding carboxylic acids is 2. The van der Waals surface area contributed by atoms with E-state index in [2.05, 4.69) is 62.8 Å². The van der Waals surface area contributed by atoms with Crippen molar-refractivity contribution in [1.82, 2.24) is 4.90 Å². The van der Waals surface area contributed by atoms with Crippen molar-refractivity contribution in [1.29, 1.82) is 0 Å². The van der Waals surface area contributed by atoms with E-state index in [-0.39, 0.29) is 17.9 Å². The van der Waals surface area contributed by atoms with E-state index in [1.165, 1.54) is 17.7 Å². The molecule has 1 aromatic rings. The molecule has 1 spiro atoms. The lowest BCUT2D eigenvalue weighted by molar-refractivity contribution is -0.588. The number of urea groups is 1. The molecule has 1 fully saturated rings. The standard InChI is InChI=1S/C24H35FN4O.C2HF3O2/c1-16(2)10-12-28-13-11-24(15-18(28)5)22(26-19(6)17(3)4)27-23(30)29(24)21-9-7-8-20(25)14-21;3-2(4,5)1(6)7/h7-10,14,17-19H,11-13,15H2,1-6H3,(H,26,27,30);(H,6,7)/t18-,19-,24+;/m0./s1. The van der Waals surface area contributed by atoms with E-state index in [9.17, 15) is 22.4 Å². The summed E-state index contributed by atoms with van der Waals surface area (Å²) in [6, 6.07) is 6.64. The van der Waals surface area contributed by atoms with Crippen molar-refractivity contribution in [3.8, 4) is 0 Å². The van der Waals surface area contributed by atoms with Crippen LogP contribution in [0, 0.1) is 11.7 Å². The minimum Gasteiger partial charge on any atom is -0.542 e. The van der Waals surface area contributed by atoms with Gasteiger partial charge in [0, 0.05) is 30.7 Å². The van der Waals surface area contributed by atoms with Gasteiger partial charge in [-0.15, -0.1) is 4.99 Å². The molecule has 0 saturated carbocycles. The third-order valence-electron chi connectivity index (χ3n) is 6.89. The summed E-state index contributed by atoms with van der Waals surface area (Å²) in [5, 5.41) is 11.0. The molecule has 37 heavy (non-hydrogen) atoms. The normalized spacial score (nSPS) is 23.0. The third kappa shape index (κ3) is 7.61. The van der Waals surface area contributed by atoms with Crippen LogP contribution in [0.1, 0.15) is 54.4 Å². The molecule has 206 valence electrons. The average Bonchev–Trinajstić information content (AvgIpc) is 3.02. The minimum atomic E-state index is -5.19. The van der Waals surface area contributed by atoms with Gasteiger partial charge >= 0.3 is 12.2 Å². The molecule has 2 aliphatic heterocycles. The zero-order valence-corrected chi connectivity index (χ0v) is 22.1. The van der Waals surface area contributed by atoms with Crippen LogP contribution >= 0.6 is 0 Å². The van der Waals surface area contributed by atoms with E-state index in [1.807, 2.05) is 6.07 Å². The Morgan fingerprint density at radius 2 is 1.92 bits per heavy atom. The number of halogens is 4. The highest BCUT2D eigenvalue weighted by Gasteiger charge is 2.56. The Morgan fingerprint density at radius 3 is 2.41 bits per heavy atom. The second-order valence-electron chi connectivity index (χ2n) is 10.3. The number of aliphatic imine (C=N–C) groups is 1. The lowest BCUT2D eigenvalue weighted by Crippen LogP contribution is -2.98. The molecule has 0 aliphatic carbocycles. The Labute approximate surface area is 215 Å². The first-order valence-electron chi connectivity index (χ1n) is 12.3. The number of quaternary nitrogens is 1. The van der Waals surface area contributed by atoms with Crippen molar-refractivity contribution in [2.24, 2.45) is 10.9 Å². The summed E-state index contributed by atoms with van der Waals surface area (Å²) in [5.74, 6) is -2.03. The van der Waals surface area contributed by atoms with E-state index in [1.54, 1.807) is 11.0 Å². The number of amidine groups is 1. The van der Waals surface area contributed by atoms with Gasteiger partial charge < -0.3 is 9.90 Å². The number of nitrogens with zero attached hydrogens (tertiary/aromatic N) is 3. The van der Waals surface area contributed by atoms with Crippen LogP contribution in [-0.4, -0.2) is 59.6 Å². The first-order chi connectivity index (χ1) is 17.1. The SMILES string of the molecule is CC(C)=CCN1CC[C@@]2(C[C@@H]1C)C([NH2+][C@@H](C)C(C)C)=NC(=O)N2c1cccc(F)c1.O=C([O-])C(F)(F)F. The number of hydrogen-bond donors (Lipinski definition) is 1. The number of carboxylic acids is 1. The molecule has 1 aromatic carbocycles. The molecule has 1 saturated heterocycles. The fraction of sp³-hybridized carbons (Fsp3) is 0.577. The van der Waals surface area contributed by atoms with Crippen LogP contribution in [0.15, 0.2) is 40.9 Å². The maximum Gasteiger partial charge on any atom is 0.430 e. The predicted octanol–water partition coefficient (Wildman–Crippen LogP) is 3.26. The number of rotatable bonds is 5. The van der Waals surface area contributed by atoms with Crippen molar-refractivity contribution in [3.05, 3.63) is 41.7 Å². The number of aliphatic carboxylic acids is 1. The van der Waals surface area contributed by atoms with Crippen molar-refractivity contribution < 1.29 is 37.6 Å². The molecular formula is C26H36F4N4O3. The number of benzene rings is 1. The van der Waals surface area contributed by atoms with Crippen LogP contribution in [0.5, 0.6) is 0 Å². The highest BCUT2D eigenvalue weighted by molar-refractivity contribution is 6.13. The Hall–Kier alpha value is -2.79. The Kier molecular flexibility index (Phi) is 10.0. The molecule has 0 aromatic heterocycles. The zero-order chi connectivity index (χ0) is 28.1. The van der Waals surface area contributed by atoms with Crippen molar-refractivity contribution in [3.63, 3.8) is 0 Å². The fourth-order valence-corrected chi connectivity index (χ4v) is 4.44. The molecule has 7 nitrogen and oxygen atoms in total. The van der Waals surface area contributed by atoms with Crippen LogP contribution in [-0.2, 0) is 4.79 Å². The summed E-state index contributed by atoms with van der Waals surface area (Å²) in [4.78, 5) is 30.6. The summed E-state index contributed by atoms with van der Waals surface area (Å²) in [7, 11) is 0. The molecular weight excluding hydrogens is 492 g/mol. The average molecular weight is 529 g/mol. The highest BCUT2D eigenvalue weighted by atomic mass is 19.4. The van der Waals surface area contributed by atoms with Crippen LogP contribution in [0.3, 0.4) is 0 Å². The largest absolute Gasteiger partial charge is 0.542 e. The molecule has 0 radical (unpaired) electrons. The number of hydrogen-bond acceptors (Lipinski definition) is 4. The van der Waals surface area contributed by atoms with Gasteiger partial charge in [0.1, 0.15) is 17.3 Å². The smallest absolute Gasteiger partial charge is 0.430 e. The fourth-order valence-electron chi connectivity index (χ4n) is 4.44. The number of carboxylic acid groups (broad SMARTS) is 1. The summed E-state index contributed by atoms with van der Waals surface area (Å²) in [6.45, 7) is 14.8. The number of carbonyl (C=O) groups is 2. The van der Waals surface area contributed by atoms with E-state index in [0.29, 0.717) is 17.6 Å². The van der Waals surface area contributed by atoms with Gasteiger partial charge in [0.15, 0.2) is 0 Å². The van der Waals surface area contributed by atoms with Gasteiger partial charge in [0.25, 0.3) is 0 Å². The lowest BCUT2D eigenvalue weighted by Gasteiger charge is -2.46. The summed E-state index contributed by atoms with van der Waals surface area (Å²) < 4.78 is 45.6. The van der Waals surface area contributed by atoms with E-state index < -0.39 is 17.7 Å². The molecule has 3 rings (SSSR count). The molecule has 11 heteroatoms. The van der Waals surface area contributed by atoms with Crippen molar-refractivity contribution in [2.75, 3.05) is 18.0 Å². The van der Waals surface area contributed by atoms with Gasteiger partial charge in [-0.2, -0.15) is 13.2 Å². The first-order valence-corrected chi connectivity index (χ1v) is 12.3. The quantitative estimate of drug-likeness (QED) is 0.469. The van der Waals surface area contributed by atoms with Crippen LogP contribution in [0.25, 0.3) is 0 Å². The highest BCUT2D eigenvalue weighted by Crippen LogP contribution is 2.40. The maximum absolute atomic E-state index is 14.0. The zero-order valence-electron chi connectivity index (χ0n) is 22.1. The monoisotopic (exact) mass is 528 g/mol. The number of likely N-dealkylation sites (tertiary alicyclic amines) is 1. The molecule has 3 atom stereocenters. The van der Waals surface area contributed by atoms with Crippen LogP contribution in [0.4, 0.5) is 28.0 Å². The molecule has 0 unspecified atom stereocenters. The Morgan fingerprint density at radius 1 is 1.30 bits per heavy atom. The van der Waals surface area contributed by atoms with Gasteiger partial charge in [-0.3, -0.25) is 15.1 Å². The lowest BCUT2D eigenvalue weighted by atomic mass is 9.80. The molecule has 2 N–H and O–H groups in total. The van der Waals surface area contributed by atoms with Gasteiger partial charge in [-0.25, -0.2) is 9.18 Å². The molecule has 2 heterocycles. The number of alkyl halides is 3. The summed E-state index contributed by atoms with van der Waals surface area (Å²) in [5.41, 5.74) is 1.38. The topological polar surface area (TPSA) is 92.7 Å². The maximum atomic E-state index is 14.0. The van der Waals surface area contributed by atoms with E-state index in [4.69, 9.17) is 9.90 Å². The number of nitrogens with two attached hydrogens (primary N) is 1. The first kappa shape index (κ1) is 30.4. The number of allylic oxidation sites excluding steroid dienone is 1. The van der Waals surface area contributed by atoms with E-state index >= 15 is 0 Å². The second-order valence-corrected chi connectivity index (χ2v) is 10.3. The number of anilines is 1. The van der Waals surface area contributed by atoms with Crippen LogP contribution < -0.4 is 15.3 Å².